The highest BCUT2D eigenvalue weighted by molar-refractivity contribution is 6.05. The Hall–Kier alpha value is -1.96. The summed E-state index contributed by atoms with van der Waals surface area (Å²) >= 11 is 0. The molecule has 25 heavy (non-hydrogen) atoms. The van der Waals surface area contributed by atoms with E-state index in [1.54, 1.807) is 0 Å². The van der Waals surface area contributed by atoms with Crippen molar-refractivity contribution in [2.45, 2.75) is 58.5 Å². The van der Waals surface area contributed by atoms with E-state index in [4.69, 9.17) is 9.47 Å². The van der Waals surface area contributed by atoms with Gasteiger partial charge in [0, 0.05) is 0 Å². The quantitative estimate of drug-likeness (QED) is 0.239. The molecule has 0 fully saturated rings. The molecule has 144 valence electrons. The number of methoxy groups -OCH3 is 1. The lowest BCUT2D eigenvalue weighted by Crippen LogP contribution is -2.54. The molecule has 0 rings (SSSR count). The zero-order chi connectivity index (χ0) is 19.5. The molecule has 2 atom stereocenters. The minimum atomic E-state index is -2.67. The van der Waals surface area contributed by atoms with E-state index in [-0.39, 0.29) is 13.2 Å². The van der Waals surface area contributed by atoms with Crippen LogP contribution in [0.3, 0.4) is 0 Å². The summed E-state index contributed by atoms with van der Waals surface area (Å²) in [5, 5.41) is 10.7. The van der Waals surface area contributed by atoms with Crippen molar-refractivity contribution in [3.8, 4) is 0 Å². The van der Waals surface area contributed by atoms with Gasteiger partial charge in [-0.15, -0.1) is 0 Å². The highest BCUT2D eigenvalue weighted by atomic mass is 16.6. The molecule has 0 aromatic rings. The van der Waals surface area contributed by atoms with E-state index in [1.807, 2.05) is 6.92 Å². The molecule has 0 radical (unpaired) electrons. The number of carbonyl (C=O) groups excluding carboxylic acids is 4. The van der Waals surface area contributed by atoms with Crippen LogP contribution in [0.2, 0.25) is 0 Å². The Morgan fingerprint density at radius 2 is 1.68 bits per heavy atom. The summed E-state index contributed by atoms with van der Waals surface area (Å²) in [6.45, 7) is 4.58. The van der Waals surface area contributed by atoms with Crippen LogP contribution in [0.25, 0.3) is 0 Å². The minimum Gasteiger partial charge on any atom is -0.468 e. The van der Waals surface area contributed by atoms with Crippen molar-refractivity contribution >= 4 is 23.7 Å². The lowest BCUT2D eigenvalue weighted by Gasteiger charge is -2.29. The Balaban J connectivity index is 5.20. The molecule has 8 heteroatoms. The van der Waals surface area contributed by atoms with Gasteiger partial charge in [0.1, 0.15) is 5.78 Å². The monoisotopic (exact) mass is 360 g/mol. The summed E-state index contributed by atoms with van der Waals surface area (Å²) in [6.07, 6.45) is 2.67. The largest absolute Gasteiger partial charge is 0.468 e. The maximum Gasteiger partial charge on any atom is 0.340 e. The number of carbonyl (C=O) groups is 4. The smallest absolute Gasteiger partial charge is 0.340 e. The highest BCUT2D eigenvalue weighted by Crippen LogP contribution is 2.27. The lowest BCUT2D eigenvalue weighted by atomic mass is 9.81. The molecule has 2 unspecified atom stereocenters. The number of rotatable bonds is 12. The molecule has 0 spiro atoms. The average molecular weight is 360 g/mol. The van der Waals surface area contributed by atoms with Crippen molar-refractivity contribution < 1.29 is 38.5 Å². The van der Waals surface area contributed by atoms with E-state index < -0.39 is 41.6 Å². The number of ketones is 1. The first-order valence-electron chi connectivity index (χ1n) is 8.38. The third-order valence-electron chi connectivity index (χ3n) is 3.62. The fraction of sp³-hybridized carbons (Fsp3) is 0.765. The number of unbranched alkanes of at least 4 members (excludes halogenated alkanes) is 3. The van der Waals surface area contributed by atoms with Crippen LogP contribution < -0.4 is 0 Å². The van der Waals surface area contributed by atoms with Crippen molar-refractivity contribution in [3.05, 3.63) is 0 Å². The summed E-state index contributed by atoms with van der Waals surface area (Å²) < 4.78 is 14.2. The van der Waals surface area contributed by atoms with Gasteiger partial charge in [0.2, 0.25) is 0 Å². The van der Waals surface area contributed by atoms with Crippen LogP contribution in [0.5, 0.6) is 0 Å². The van der Waals surface area contributed by atoms with Crippen LogP contribution in [0.4, 0.5) is 0 Å². The fourth-order valence-electron chi connectivity index (χ4n) is 2.35. The van der Waals surface area contributed by atoms with Gasteiger partial charge in [0.05, 0.1) is 26.7 Å². The second kappa shape index (κ2) is 11.6. The molecule has 0 aliphatic heterocycles. The number of esters is 3. The Labute approximate surface area is 147 Å². The normalized spacial score (nSPS) is 14.1. The fourth-order valence-corrected chi connectivity index (χ4v) is 2.35. The van der Waals surface area contributed by atoms with E-state index in [2.05, 4.69) is 4.74 Å². The summed E-state index contributed by atoms with van der Waals surface area (Å²) in [6, 6.07) is 0. The Bertz CT molecular complexity index is 473. The van der Waals surface area contributed by atoms with Crippen molar-refractivity contribution in [2.24, 2.45) is 5.92 Å². The Morgan fingerprint density at radius 3 is 2.16 bits per heavy atom. The Kier molecular flexibility index (Phi) is 10.7. The summed E-state index contributed by atoms with van der Waals surface area (Å²) in [5.41, 5.74) is -2.67. The molecule has 1 N–H and O–H groups in total. The summed E-state index contributed by atoms with van der Waals surface area (Å²) in [7, 11) is 1.01. The Morgan fingerprint density at radius 1 is 1.04 bits per heavy atom. The van der Waals surface area contributed by atoms with Crippen LogP contribution in [0, 0.1) is 5.92 Å². The van der Waals surface area contributed by atoms with E-state index in [1.165, 1.54) is 6.92 Å². The number of hydrogen-bond donors (Lipinski definition) is 1. The standard InChI is InChI=1S/C17H28O8/c1-5-7-8-9-10-25-13(19)11-17(22,16(21)24-6-2)14(12(3)18)15(20)23-4/h14,22H,5-11H2,1-4H3. The average Bonchev–Trinajstić information content (AvgIpc) is 2.54. The molecule has 0 saturated carbocycles. The number of ether oxygens (including phenoxy) is 3. The number of aliphatic hydroxyl groups is 1. The summed E-state index contributed by atoms with van der Waals surface area (Å²) in [5.74, 6) is -5.97. The minimum absolute atomic E-state index is 0.0982. The second-order valence-electron chi connectivity index (χ2n) is 5.67. The maximum atomic E-state index is 12.1. The van der Waals surface area contributed by atoms with Crippen molar-refractivity contribution in [1.29, 1.82) is 0 Å². The maximum absolute atomic E-state index is 12.1. The molecule has 0 aliphatic rings. The van der Waals surface area contributed by atoms with E-state index in [9.17, 15) is 24.3 Å². The molecular weight excluding hydrogens is 332 g/mol. The molecule has 0 aromatic carbocycles. The van der Waals surface area contributed by atoms with Gasteiger partial charge in [-0.3, -0.25) is 14.4 Å². The molecule has 0 bridgehead atoms. The zero-order valence-electron chi connectivity index (χ0n) is 15.3. The first-order valence-corrected chi connectivity index (χ1v) is 8.38. The first kappa shape index (κ1) is 23.0. The van der Waals surface area contributed by atoms with E-state index in [0.29, 0.717) is 6.42 Å². The third kappa shape index (κ3) is 7.21. The third-order valence-corrected chi connectivity index (χ3v) is 3.62. The lowest BCUT2D eigenvalue weighted by molar-refractivity contribution is -0.186. The predicted octanol–water partition coefficient (Wildman–Crippen LogP) is 1.17. The molecular formula is C17H28O8. The van der Waals surface area contributed by atoms with Crippen LogP contribution in [-0.4, -0.2) is 54.7 Å². The van der Waals surface area contributed by atoms with Gasteiger partial charge in [-0.05, 0) is 20.3 Å². The van der Waals surface area contributed by atoms with Gasteiger partial charge >= 0.3 is 17.9 Å². The predicted molar refractivity (Wildman–Crippen MR) is 87.5 cm³/mol. The molecule has 0 amide bonds. The molecule has 0 aromatic heterocycles. The second-order valence-corrected chi connectivity index (χ2v) is 5.67. The molecule has 0 heterocycles. The van der Waals surface area contributed by atoms with Gasteiger partial charge < -0.3 is 19.3 Å². The summed E-state index contributed by atoms with van der Waals surface area (Å²) in [4.78, 5) is 47.8. The van der Waals surface area contributed by atoms with Gasteiger partial charge in [-0.1, -0.05) is 26.2 Å². The van der Waals surface area contributed by atoms with Crippen molar-refractivity contribution in [3.63, 3.8) is 0 Å². The van der Waals surface area contributed by atoms with E-state index in [0.717, 1.165) is 33.3 Å². The molecule has 0 saturated heterocycles. The zero-order valence-corrected chi connectivity index (χ0v) is 15.3. The van der Waals surface area contributed by atoms with Crippen LogP contribution in [0.1, 0.15) is 52.9 Å². The van der Waals surface area contributed by atoms with E-state index >= 15 is 0 Å². The number of Topliss-reactive ketones (excluding diaryl/α,β-unsaturated/α-hetero) is 1. The first-order chi connectivity index (χ1) is 11.7. The topological polar surface area (TPSA) is 116 Å². The number of hydrogen-bond acceptors (Lipinski definition) is 8. The van der Waals surface area contributed by atoms with Crippen molar-refractivity contribution in [2.75, 3.05) is 20.3 Å². The van der Waals surface area contributed by atoms with Crippen LogP contribution in [-0.2, 0) is 33.4 Å². The van der Waals surface area contributed by atoms with Gasteiger partial charge in [0.15, 0.2) is 11.5 Å². The molecule has 8 nitrogen and oxygen atoms in total. The van der Waals surface area contributed by atoms with Crippen LogP contribution >= 0.6 is 0 Å². The van der Waals surface area contributed by atoms with Gasteiger partial charge in [-0.25, -0.2) is 4.79 Å². The van der Waals surface area contributed by atoms with Crippen LogP contribution in [0.15, 0.2) is 0 Å². The SMILES string of the molecule is CCCCCCOC(=O)CC(O)(C(=O)OCC)C(C(C)=O)C(=O)OC. The molecule has 0 aliphatic carbocycles. The van der Waals surface area contributed by atoms with Gasteiger partial charge in [0.25, 0.3) is 0 Å². The van der Waals surface area contributed by atoms with Crippen molar-refractivity contribution in [1.82, 2.24) is 0 Å². The highest BCUT2D eigenvalue weighted by Gasteiger charge is 2.54. The van der Waals surface area contributed by atoms with Gasteiger partial charge in [-0.2, -0.15) is 0 Å².